The third-order valence-corrected chi connectivity index (χ3v) is 3.87. The average Bonchev–Trinajstić information content (AvgIpc) is 2.60. The SMILES string of the molecule is COc1ccc(-c2cc(=O)c3c(O)cc(OCO[P+](=O)O)cc3o2)cc1. The predicted molar refractivity (Wildman–Crippen MR) is 92.5 cm³/mol. The minimum absolute atomic E-state index is 0.00349. The van der Waals surface area contributed by atoms with Gasteiger partial charge in [0.2, 0.25) is 6.79 Å². The Balaban J connectivity index is 2.01. The zero-order valence-electron chi connectivity index (χ0n) is 13.5. The first-order valence-corrected chi connectivity index (χ1v) is 8.48. The summed E-state index contributed by atoms with van der Waals surface area (Å²) in [7, 11) is -1.26. The molecule has 0 aliphatic carbocycles. The largest absolute Gasteiger partial charge is 0.698 e. The molecule has 0 saturated heterocycles. The Kier molecular flexibility index (Phi) is 5.18. The number of fused-ring (bicyclic) bond motifs is 1. The average molecular weight is 377 g/mol. The lowest BCUT2D eigenvalue weighted by molar-refractivity contribution is 0.115. The molecule has 0 bridgehead atoms. The summed E-state index contributed by atoms with van der Waals surface area (Å²) in [5.74, 6) is 0.742. The normalized spacial score (nSPS) is 11.4. The van der Waals surface area contributed by atoms with Crippen LogP contribution in [0.3, 0.4) is 0 Å². The van der Waals surface area contributed by atoms with Gasteiger partial charge in [-0.05, 0) is 24.3 Å². The van der Waals surface area contributed by atoms with Gasteiger partial charge in [-0.3, -0.25) is 4.79 Å². The highest BCUT2D eigenvalue weighted by molar-refractivity contribution is 7.32. The van der Waals surface area contributed by atoms with E-state index in [1.54, 1.807) is 31.4 Å². The molecule has 0 radical (unpaired) electrons. The molecule has 0 aliphatic heterocycles. The van der Waals surface area contributed by atoms with Gasteiger partial charge in [0.05, 0.1) is 7.11 Å². The van der Waals surface area contributed by atoms with Crippen molar-refractivity contribution in [1.82, 2.24) is 0 Å². The Morgan fingerprint density at radius 3 is 2.50 bits per heavy atom. The highest BCUT2D eigenvalue weighted by Gasteiger charge is 2.15. The second-order valence-electron chi connectivity index (χ2n) is 5.15. The maximum atomic E-state index is 12.3. The molecular formula is C17H14O8P+. The lowest BCUT2D eigenvalue weighted by Gasteiger charge is -2.08. The summed E-state index contributed by atoms with van der Waals surface area (Å²) in [5, 5.41) is 10.1. The lowest BCUT2D eigenvalue weighted by Crippen LogP contribution is -2.02. The summed E-state index contributed by atoms with van der Waals surface area (Å²) in [5.41, 5.74) is 0.332. The van der Waals surface area contributed by atoms with Crippen molar-refractivity contribution in [2.24, 2.45) is 0 Å². The Labute approximate surface area is 148 Å². The number of hydrogen-bond donors (Lipinski definition) is 2. The van der Waals surface area contributed by atoms with E-state index in [0.717, 1.165) is 0 Å². The lowest BCUT2D eigenvalue weighted by atomic mass is 10.1. The number of methoxy groups -OCH3 is 1. The molecule has 0 amide bonds. The molecule has 0 spiro atoms. The van der Waals surface area contributed by atoms with Crippen LogP contribution in [0.5, 0.6) is 17.2 Å². The van der Waals surface area contributed by atoms with Crippen LogP contribution in [0.4, 0.5) is 0 Å². The monoisotopic (exact) mass is 377 g/mol. The number of phenols is 1. The second kappa shape index (κ2) is 7.53. The van der Waals surface area contributed by atoms with Gasteiger partial charge in [0.15, 0.2) is 5.43 Å². The minimum atomic E-state index is -2.81. The van der Waals surface area contributed by atoms with E-state index in [4.69, 9.17) is 18.8 Å². The van der Waals surface area contributed by atoms with Crippen LogP contribution in [-0.2, 0) is 9.09 Å². The van der Waals surface area contributed by atoms with Crippen LogP contribution in [0.2, 0.25) is 0 Å². The molecule has 0 saturated carbocycles. The van der Waals surface area contributed by atoms with Gasteiger partial charge >= 0.3 is 8.25 Å². The van der Waals surface area contributed by atoms with Crippen LogP contribution in [0.1, 0.15) is 0 Å². The standard InChI is InChI=1S/C17H13O8P/c1-22-11-4-2-10(3-5-11)15-8-14(19)17-13(18)6-12(7-16(17)25-15)23-9-24-26(20)21/h2-8H,9H2,1H3,(H-,18,19,20,21)/p+1. The van der Waals surface area contributed by atoms with Gasteiger partial charge in [0.1, 0.15) is 34.0 Å². The molecule has 134 valence electrons. The molecule has 1 atom stereocenters. The molecule has 1 aromatic heterocycles. The van der Waals surface area contributed by atoms with Gasteiger partial charge in [0, 0.05) is 28.3 Å². The molecule has 3 aromatic rings. The van der Waals surface area contributed by atoms with Gasteiger partial charge in [-0.15, -0.1) is 4.89 Å². The van der Waals surface area contributed by atoms with E-state index >= 15 is 0 Å². The summed E-state index contributed by atoms with van der Waals surface area (Å²) in [6.45, 7) is -0.501. The topological polar surface area (TPSA) is 115 Å². The Morgan fingerprint density at radius 1 is 1.12 bits per heavy atom. The van der Waals surface area contributed by atoms with Gasteiger partial charge in [-0.1, -0.05) is 4.52 Å². The van der Waals surface area contributed by atoms with Crippen molar-refractivity contribution in [3.63, 3.8) is 0 Å². The zero-order chi connectivity index (χ0) is 18.7. The molecule has 1 unspecified atom stereocenters. The summed E-state index contributed by atoms with van der Waals surface area (Å²) in [4.78, 5) is 20.9. The number of hydrogen-bond acceptors (Lipinski definition) is 7. The molecule has 2 N–H and O–H groups in total. The van der Waals surface area contributed by atoms with E-state index in [-0.39, 0.29) is 22.5 Å². The van der Waals surface area contributed by atoms with E-state index in [2.05, 4.69) is 4.52 Å². The van der Waals surface area contributed by atoms with E-state index in [9.17, 15) is 14.5 Å². The third-order valence-electron chi connectivity index (χ3n) is 3.55. The zero-order valence-corrected chi connectivity index (χ0v) is 14.4. The minimum Gasteiger partial charge on any atom is -0.507 e. The second-order valence-corrected chi connectivity index (χ2v) is 5.88. The first kappa shape index (κ1) is 17.9. The van der Waals surface area contributed by atoms with Crippen LogP contribution >= 0.6 is 8.25 Å². The highest BCUT2D eigenvalue weighted by Crippen LogP contribution is 2.31. The van der Waals surface area contributed by atoms with Crippen LogP contribution in [0.15, 0.2) is 51.7 Å². The number of ether oxygens (including phenoxy) is 2. The Bertz CT molecular complexity index is 1010. The van der Waals surface area contributed by atoms with Crippen LogP contribution < -0.4 is 14.9 Å². The number of aromatic hydroxyl groups is 1. The van der Waals surface area contributed by atoms with Crippen molar-refractivity contribution in [3.05, 3.63) is 52.7 Å². The van der Waals surface area contributed by atoms with E-state index in [0.29, 0.717) is 17.1 Å². The van der Waals surface area contributed by atoms with Gasteiger partial charge < -0.3 is 19.0 Å². The molecule has 9 heteroatoms. The summed E-state index contributed by atoms with van der Waals surface area (Å²) in [6, 6.07) is 10.8. The predicted octanol–water partition coefficient (Wildman–Crippen LogP) is 3.18. The quantitative estimate of drug-likeness (QED) is 0.497. The van der Waals surface area contributed by atoms with Crippen molar-refractivity contribution in [3.8, 4) is 28.6 Å². The summed E-state index contributed by atoms with van der Waals surface area (Å²) >= 11 is 0. The van der Waals surface area contributed by atoms with Crippen LogP contribution in [0, 0.1) is 0 Å². The van der Waals surface area contributed by atoms with Gasteiger partial charge in [0.25, 0.3) is 0 Å². The highest BCUT2D eigenvalue weighted by atomic mass is 31.1. The molecule has 3 rings (SSSR count). The fraction of sp³-hybridized carbons (Fsp3) is 0.118. The molecule has 0 fully saturated rings. The van der Waals surface area contributed by atoms with Crippen molar-refractivity contribution in [2.75, 3.05) is 13.9 Å². The Hall–Kier alpha value is -2.93. The van der Waals surface area contributed by atoms with E-state index in [1.165, 1.54) is 18.2 Å². The van der Waals surface area contributed by atoms with E-state index in [1.807, 2.05) is 0 Å². The maximum absolute atomic E-state index is 12.3. The summed E-state index contributed by atoms with van der Waals surface area (Å²) < 4.78 is 30.8. The first-order valence-electron chi connectivity index (χ1n) is 7.35. The van der Waals surface area contributed by atoms with Crippen LogP contribution in [0.25, 0.3) is 22.3 Å². The molecule has 26 heavy (non-hydrogen) atoms. The van der Waals surface area contributed by atoms with Crippen LogP contribution in [-0.4, -0.2) is 23.9 Å². The van der Waals surface area contributed by atoms with Crippen molar-refractivity contribution < 1.29 is 33.0 Å². The Morgan fingerprint density at radius 2 is 1.85 bits per heavy atom. The number of rotatable bonds is 6. The summed E-state index contributed by atoms with van der Waals surface area (Å²) in [6.07, 6.45) is 0. The fourth-order valence-corrected chi connectivity index (χ4v) is 2.51. The van der Waals surface area contributed by atoms with Gasteiger partial charge in [-0.2, -0.15) is 0 Å². The molecule has 0 aliphatic rings. The van der Waals surface area contributed by atoms with Crippen molar-refractivity contribution in [1.29, 1.82) is 0 Å². The molecule has 2 aromatic carbocycles. The maximum Gasteiger partial charge on any atom is 0.698 e. The first-order chi connectivity index (χ1) is 12.5. The molecular weight excluding hydrogens is 363 g/mol. The van der Waals surface area contributed by atoms with E-state index < -0.39 is 20.5 Å². The van der Waals surface area contributed by atoms with Gasteiger partial charge in [-0.25, -0.2) is 0 Å². The number of benzene rings is 2. The smallest absolute Gasteiger partial charge is 0.507 e. The van der Waals surface area contributed by atoms with Crippen molar-refractivity contribution in [2.45, 2.75) is 0 Å². The molecule has 1 heterocycles. The molecule has 8 nitrogen and oxygen atoms in total. The number of phenolic OH excluding ortho intramolecular Hbond substituents is 1. The third kappa shape index (κ3) is 3.83. The fourth-order valence-electron chi connectivity index (χ4n) is 2.36. The van der Waals surface area contributed by atoms with Crippen molar-refractivity contribution >= 4 is 19.2 Å².